The van der Waals surface area contributed by atoms with Gasteiger partial charge in [-0.2, -0.15) is 18.3 Å². The van der Waals surface area contributed by atoms with E-state index in [-0.39, 0.29) is 11.3 Å². The summed E-state index contributed by atoms with van der Waals surface area (Å²) in [5.74, 6) is -0.0793. The maximum atomic E-state index is 12.8. The predicted octanol–water partition coefficient (Wildman–Crippen LogP) is 3.42. The quantitative estimate of drug-likeness (QED) is 0.821. The number of hydrogen-bond donors (Lipinski definition) is 2. The Kier molecular flexibility index (Phi) is 2.80. The van der Waals surface area contributed by atoms with Gasteiger partial charge in [-0.1, -0.05) is 6.07 Å². The van der Waals surface area contributed by atoms with Gasteiger partial charge in [0.25, 0.3) is 0 Å². The summed E-state index contributed by atoms with van der Waals surface area (Å²) in [5, 5.41) is 15.0. The smallest absolute Gasteiger partial charge is 0.435 e. The second-order valence-corrected chi connectivity index (χ2v) is 4.07. The zero-order valence-electron chi connectivity index (χ0n) is 9.76. The summed E-state index contributed by atoms with van der Waals surface area (Å²) in [7, 11) is 0. The lowest BCUT2D eigenvalue weighted by Crippen LogP contribution is -2.07. The van der Waals surface area contributed by atoms with E-state index in [1.165, 1.54) is 19.1 Å². The van der Waals surface area contributed by atoms with Gasteiger partial charge in [0.2, 0.25) is 0 Å². The fraction of sp³-hybridized carbons (Fsp3) is 0.250. The molecule has 0 aliphatic heterocycles. The van der Waals surface area contributed by atoms with Crippen molar-refractivity contribution in [1.82, 2.24) is 10.2 Å². The van der Waals surface area contributed by atoms with Crippen LogP contribution in [0.1, 0.15) is 17.0 Å². The molecule has 1 aromatic heterocycles. The maximum Gasteiger partial charge on any atom is 0.435 e. The van der Waals surface area contributed by atoms with Crippen molar-refractivity contribution in [3.05, 3.63) is 35.2 Å². The molecule has 1 heterocycles. The Morgan fingerprint density at radius 2 is 1.89 bits per heavy atom. The molecule has 6 heteroatoms. The number of halogens is 3. The summed E-state index contributed by atoms with van der Waals surface area (Å²) in [6.07, 6.45) is -4.53. The minimum absolute atomic E-state index is 0.0177. The Balaban J connectivity index is 2.71. The Bertz CT molecular complexity index is 587. The first kappa shape index (κ1) is 12.5. The second kappa shape index (κ2) is 4.04. The summed E-state index contributed by atoms with van der Waals surface area (Å²) in [6, 6.07) is 4.31. The third-order valence-electron chi connectivity index (χ3n) is 2.71. The molecule has 96 valence electrons. The van der Waals surface area contributed by atoms with E-state index in [9.17, 15) is 18.3 Å². The second-order valence-electron chi connectivity index (χ2n) is 4.07. The first-order chi connectivity index (χ1) is 8.30. The summed E-state index contributed by atoms with van der Waals surface area (Å²) < 4.78 is 38.5. The van der Waals surface area contributed by atoms with Crippen LogP contribution in [-0.4, -0.2) is 15.3 Å². The highest BCUT2D eigenvalue weighted by atomic mass is 19.4. The van der Waals surface area contributed by atoms with E-state index >= 15 is 0 Å². The third kappa shape index (κ3) is 2.05. The number of aromatic hydroxyl groups is 1. The van der Waals surface area contributed by atoms with Crippen molar-refractivity contribution in [2.45, 2.75) is 20.0 Å². The summed E-state index contributed by atoms with van der Waals surface area (Å²) >= 11 is 0. The highest BCUT2D eigenvalue weighted by Crippen LogP contribution is 2.39. The van der Waals surface area contributed by atoms with Crippen molar-refractivity contribution < 1.29 is 18.3 Å². The molecule has 0 aliphatic rings. The number of H-pyrrole nitrogens is 1. The van der Waals surface area contributed by atoms with Gasteiger partial charge < -0.3 is 5.11 Å². The van der Waals surface area contributed by atoms with Gasteiger partial charge in [0.15, 0.2) is 5.69 Å². The van der Waals surface area contributed by atoms with Crippen LogP contribution in [0.5, 0.6) is 5.75 Å². The molecular formula is C12H11F3N2O. The van der Waals surface area contributed by atoms with E-state index in [1.54, 1.807) is 13.0 Å². The monoisotopic (exact) mass is 256 g/mol. The highest BCUT2D eigenvalue weighted by molar-refractivity contribution is 5.73. The van der Waals surface area contributed by atoms with Crippen LogP contribution in [0.15, 0.2) is 18.2 Å². The van der Waals surface area contributed by atoms with Crippen molar-refractivity contribution in [3.8, 4) is 16.9 Å². The Morgan fingerprint density at radius 3 is 2.50 bits per heavy atom. The number of phenols is 1. The molecule has 0 fully saturated rings. The highest BCUT2D eigenvalue weighted by Gasteiger charge is 2.38. The lowest BCUT2D eigenvalue weighted by molar-refractivity contribution is -0.140. The number of benzene rings is 1. The average molecular weight is 256 g/mol. The van der Waals surface area contributed by atoms with Gasteiger partial charge in [-0.15, -0.1) is 0 Å². The van der Waals surface area contributed by atoms with Crippen LogP contribution in [-0.2, 0) is 6.18 Å². The number of hydrogen-bond acceptors (Lipinski definition) is 2. The number of aromatic amines is 1. The van der Waals surface area contributed by atoms with Crippen LogP contribution in [0.2, 0.25) is 0 Å². The zero-order valence-corrected chi connectivity index (χ0v) is 9.76. The van der Waals surface area contributed by atoms with Gasteiger partial charge in [-0.25, -0.2) is 0 Å². The zero-order chi connectivity index (χ0) is 13.5. The molecule has 2 N–H and O–H groups in total. The maximum absolute atomic E-state index is 12.8. The molecule has 0 radical (unpaired) electrons. The largest absolute Gasteiger partial charge is 0.508 e. The molecular weight excluding hydrogens is 245 g/mol. The summed E-state index contributed by atoms with van der Waals surface area (Å²) in [5.41, 5.74) is 0.303. The SMILES string of the molecule is Cc1ccc(O)cc1-c1c(C(F)(F)F)n[nH]c1C. The van der Waals surface area contributed by atoms with Crippen LogP contribution in [0.25, 0.3) is 11.1 Å². The number of nitrogens with zero attached hydrogens (tertiary/aromatic N) is 1. The van der Waals surface area contributed by atoms with Gasteiger partial charge in [0.05, 0.1) is 0 Å². The molecule has 0 amide bonds. The minimum Gasteiger partial charge on any atom is -0.508 e. The minimum atomic E-state index is -4.53. The Labute approximate surface area is 101 Å². The molecule has 18 heavy (non-hydrogen) atoms. The fourth-order valence-electron chi connectivity index (χ4n) is 1.84. The van der Waals surface area contributed by atoms with E-state index in [0.717, 1.165) is 0 Å². The van der Waals surface area contributed by atoms with Gasteiger partial charge in [-0.3, -0.25) is 5.10 Å². The van der Waals surface area contributed by atoms with E-state index in [4.69, 9.17) is 0 Å². The Morgan fingerprint density at radius 1 is 1.22 bits per heavy atom. The standard InChI is InChI=1S/C12H11F3N2O/c1-6-3-4-8(18)5-9(6)10-7(2)16-17-11(10)12(13,14)15/h3-5,18H,1-2H3,(H,16,17). The van der Waals surface area contributed by atoms with E-state index < -0.39 is 11.9 Å². The average Bonchev–Trinajstić information content (AvgIpc) is 2.63. The first-order valence-electron chi connectivity index (χ1n) is 5.23. The number of rotatable bonds is 1. The van der Waals surface area contributed by atoms with Gasteiger partial charge >= 0.3 is 6.18 Å². The molecule has 3 nitrogen and oxygen atoms in total. The van der Waals surface area contributed by atoms with Gasteiger partial charge in [0, 0.05) is 11.3 Å². The fourth-order valence-corrected chi connectivity index (χ4v) is 1.84. The van der Waals surface area contributed by atoms with E-state index in [0.29, 0.717) is 16.8 Å². The van der Waals surface area contributed by atoms with Crippen LogP contribution < -0.4 is 0 Å². The molecule has 0 bridgehead atoms. The number of nitrogens with one attached hydrogen (secondary N) is 1. The molecule has 0 saturated carbocycles. The molecule has 2 aromatic rings. The van der Waals surface area contributed by atoms with Crippen LogP contribution in [0, 0.1) is 13.8 Å². The van der Waals surface area contributed by atoms with Crippen molar-refractivity contribution in [2.75, 3.05) is 0 Å². The third-order valence-corrected chi connectivity index (χ3v) is 2.71. The van der Waals surface area contributed by atoms with Crippen molar-refractivity contribution >= 4 is 0 Å². The topological polar surface area (TPSA) is 48.9 Å². The van der Waals surface area contributed by atoms with Crippen molar-refractivity contribution in [1.29, 1.82) is 0 Å². The predicted molar refractivity (Wildman–Crippen MR) is 60.2 cm³/mol. The van der Waals surface area contributed by atoms with E-state index in [2.05, 4.69) is 10.2 Å². The number of aryl methyl sites for hydroxylation is 2. The van der Waals surface area contributed by atoms with Crippen molar-refractivity contribution in [3.63, 3.8) is 0 Å². The molecule has 0 spiro atoms. The number of phenolic OH excluding ortho intramolecular Hbond substituents is 1. The Hall–Kier alpha value is -1.98. The number of aromatic nitrogens is 2. The van der Waals surface area contributed by atoms with Crippen LogP contribution >= 0.6 is 0 Å². The molecule has 0 aliphatic carbocycles. The van der Waals surface area contributed by atoms with Crippen LogP contribution in [0.4, 0.5) is 13.2 Å². The first-order valence-corrected chi connectivity index (χ1v) is 5.23. The van der Waals surface area contributed by atoms with Gasteiger partial charge in [0.1, 0.15) is 5.75 Å². The normalized spacial score (nSPS) is 11.8. The molecule has 1 aromatic carbocycles. The summed E-state index contributed by atoms with van der Waals surface area (Å²) in [4.78, 5) is 0. The lowest BCUT2D eigenvalue weighted by atomic mass is 9.98. The lowest BCUT2D eigenvalue weighted by Gasteiger charge is -2.10. The van der Waals surface area contributed by atoms with Crippen LogP contribution in [0.3, 0.4) is 0 Å². The molecule has 0 saturated heterocycles. The molecule has 0 unspecified atom stereocenters. The summed E-state index contributed by atoms with van der Waals surface area (Å²) in [6.45, 7) is 3.20. The molecule has 2 rings (SSSR count). The number of alkyl halides is 3. The molecule has 0 atom stereocenters. The van der Waals surface area contributed by atoms with E-state index in [1.807, 2.05) is 0 Å². The van der Waals surface area contributed by atoms with Crippen molar-refractivity contribution in [2.24, 2.45) is 0 Å². The van der Waals surface area contributed by atoms with Gasteiger partial charge in [-0.05, 0) is 37.1 Å².